The molecule has 0 aliphatic heterocycles. The third kappa shape index (κ3) is 2.46. The van der Waals surface area contributed by atoms with Crippen molar-refractivity contribution in [3.8, 4) is 0 Å². The normalized spacial score (nSPS) is 14.7. The Morgan fingerprint density at radius 2 is 1.28 bits per heavy atom. The van der Waals surface area contributed by atoms with Crippen LogP contribution in [0.5, 0.6) is 0 Å². The Morgan fingerprint density at radius 3 is 1.67 bits per heavy atom. The molecular weight excluding hydrogens is 259 g/mol. The number of hydrogen-bond donors (Lipinski definition) is 2. The zero-order chi connectivity index (χ0) is 14.0. The fourth-order valence-electron chi connectivity index (χ4n) is 1.53. The van der Waals surface area contributed by atoms with Gasteiger partial charge in [0, 0.05) is 6.61 Å². The molecule has 1 aromatic rings. The van der Waals surface area contributed by atoms with E-state index in [0.29, 0.717) is 0 Å². The molecule has 0 saturated carbocycles. The predicted molar refractivity (Wildman–Crippen MR) is 52.1 cm³/mol. The lowest BCUT2D eigenvalue weighted by Crippen LogP contribution is -2.17. The lowest BCUT2D eigenvalue weighted by Gasteiger charge is -2.20. The maximum atomic E-state index is 13.3. The van der Waals surface area contributed by atoms with Crippen LogP contribution in [-0.2, 0) is 0 Å². The van der Waals surface area contributed by atoms with Crippen molar-refractivity contribution in [3.63, 3.8) is 0 Å². The molecule has 2 atom stereocenters. The molecule has 0 spiro atoms. The van der Waals surface area contributed by atoms with Gasteiger partial charge in [0.1, 0.15) is 0 Å². The lowest BCUT2D eigenvalue weighted by atomic mass is 9.93. The third-order valence-corrected chi connectivity index (χ3v) is 2.66. The van der Waals surface area contributed by atoms with Gasteiger partial charge in [-0.3, -0.25) is 0 Å². The summed E-state index contributed by atoms with van der Waals surface area (Å²) in [5, 5.41) is 18.2. The molecule has 0 unspecified atom stereocenters. The number of hydrogen-bond acceptors (Lipinski definition) is 2. The summed E-state index contributed by atoms with van der Waals surface area (Å²) in [5.74, 6) is -11.4. The average molecular weight is 270 g/mol. The van der Waals surface area contributed by atoms with Crippen molar-refractivity contribution >= 4 is 0 Å². The van der Waals surface area contributed by atoms with Crippen molar-refractivity contribution in [2.45, 2.75) is 19.4 Å². The number of aliphatic hydroxyl groups is 2. The molecule has 1 aromatic carbocycles. The topological polar surface area (TPSA) is 40.5 Å². The van der Waals surface area contributed by atoms with Gasteiger partial charge < -0.3 is 10.2 Å². The van der Waals surface area contributed by atoms with Crippen LogP contribution in [0.25, 0.3) is 0 Å². The maximum Gasteiger partial charge on any atom is 0.200 e. The Hall–Kier alpha value is -1.21. The van der Waals surface area contributed by atoms with Crippen molar-refractivity contribution < 1.29 is 32.2 Å². The van der Waals surface area contributed by atoms with E-state index in [1.54, 1.807) is 0 Å². The van der Waals surface area contributed by atoms with E-state index < -0.39 is 46.7 Å². The predicted octanol–water partition coefficient (Wildman–Crippen LogP) is 2.43. The van der Waals surface area contributed by atoms with E-state index in [2.05, 4.69) is 0 Å². The highest BCUT2D eigenvalue weighted by Gasteiger charge is 2.31. The molecule has 2 nitrogen and oxygen atoms in total. The van der Waals surface area contributed by atoms with Crippen molar-refractivity contribution in [3.05, 3.63) is 34.6 Å². The Morgan fingerprint density at radius 1 is 0.889 bits per heavy atom. The van der Waals surface area contributed by atoms with Gasteiger partial charge >= 0.3 is 0 Å². The summed E-state index contributed by atoms with van der Waals surface area (Å²) in [5.41, 5.74) is -1.27. The summed E-state index contributed by atoms with van der Waals surface area (Å²) in [7, 11) is 0. The Bertz CT molecular complexity index is 421. The highest BCUT2D eigenvalue weighted by atomic mass is 19.2. The summed E-state index contributed by atoms with van der Waals surface area (Å²) in [4.78, 5) is 0. The van der Waals surface area contributed by atoms with E-state index in [-0.39, 0.29) is 13.0 Å². The Balaban J connectivity index is 3.32. The summed E-state index contributed by atoms with van der Waals surface area (Å²) in [6.45, 7) is 0.937. The van der Waals surface area contributed by atoms with E-state index in [0.717, 1.165) is 0 Å². The fourth-order valence-corrected chi connectivity index (χ4v) is 1.53. The largest absolute Gasteiger partial charge is 0.396 e. The second-order valence-corrected chi connectivity index (χ2v) is 3.92. The first kappa shape index (κ1) is 14.8. The second-order valence-electron chi connectivity index (χ2n) is 3.92. The van der Waals surface area contributed by atoms with Crippen molar-refractivity contribution in [1.29, 1.82) is 0 Å². The van der Waals surface area contributed by atoms with Gasteiger partial charge in [0.05, 0.1) is 11.7 Å². The van der Waals surface area contributed by atoms with Crippen LogP contribution in [0.2, 0.25) is 0 Å². The van der Waals surface area contributed by atoms with Crippen molar-refractivity contribution in [1.82, 2.24) is 0 Å². The molecule has 0 aromatic heterocycles. The van der Waals surface area contributed by atoms with Crippen LogP contribution in [0.3, 0.4) is 0 Å². The van der Waals surface area contributed by atoms with Crippen LogP contribution < -0.4 is 0 Å². The van der Waals surface area contributed by atoms with E-state index in [1.807, 2.05) is 0 Å². The van der Waals surface area contributed by atoms with Gasteiger partial charge in [-0.25, -0.2) is 22.0 Å². The lowest BCUT2D eigenvalue weighted by molar-refractivity contribution is 0.0899. The van der Waals surface area contributed by atoms with Crippen molar-refractivity contribution in [2.75, 3.05) is 6.61 Å². The summed E-state index contributed by atoms with van der Waals surface area (Å²) < 4.78 is 65.2. The molecular formula is C11H11F5O2. The first-order valence-corrected chi connectivity index (χ1v) is 5.13. The second kappa shape index (κ2) is 5.62. The fraction of sp³-hybridized carbons (Fsp3) is 0.455. The monoisotopic (exact) mass is 270 g/mol. The van der Waals surface area contributed by atoms with Gasteiger partial charge in [0.15, 0.2) is 23.3 Å². The van der Waals surface area contributed by atoms with Gasteiger partial charge in [0.2, 0.25) is 5.82 Å². The zero-order valence-corrected chi connectivity index (χ0v) is 9.35. The molecule has 0 saturated heterocycles. The molecule has 2 N–H and O–H groups in total. The first-order valence-electron chi connectivity index (χ1n) is 5.13. The molecule has 0 aliphatic rings. The van der Waals surface area contributed by atoms with Gasteiger partial charge in [-0.15, -0.1) is 0 Å². The standard InChI is InChI=1S/C11H11F5O2/c1-4(2-3-17)11(18)5-6(12)8(14)10(16)9(15)7(5)13/h4,11,17-18H,2-3H2,1H3/t4-,11-/m1/s1. The van der Waals surface area contributed by atoms with Crippen LogP contribution in [0.4, 0.5) is 22.0 Å². The summed E-state index contributed by atoms with van der Waals surface area (Å²) >= 11 is 0. The Labute approximate surface area is 99.7 Å². The Kier molecular flexibility index (Phi) is 4.64. The van der Waals surface area contributed by atoms with Crippen LogP contribution in [0.1, 0.15) is 25.0 Å². The summed E-state index contributed by atoms with van der Waals surface area (Å²) in [6.07, 6.45) is -1.93. The minimum Gasteiger partial charge on any atom is -0.396 e. The van der Waals surface area contributed by atoms with Crippen LogP contribution in [0.15, 0.2) is 0 Å². The van der Waals surface area contributed by atoms with Gasteiger partial charge in [-0.1, -0.05) is 6.92 Å². The minimum absolute atomic E-state index is 0.0410. The molecule has 1 rings (SSSR count). The number of halogens is 5. The molecule has 0 heterocycles. The zero-order valence-electron chi connectivity index (χ0n) is 9.35. The quantitative estimate of drug-likeness (QED) is 0.501. The van der Waals surface area contributed by atoms with Gasteiger partial charge in [0.25, 0.3) is 0 Å². The highest BCUT2D eigenvalue weighted by molar-refractivity contribution is 5.26. The third-order valence-electron chi connectivity index (χ3n) is 2.66. The number of aliphatic hydroxyl groups excluding tert-OH is 2. The molecule has 0 aliphatic carbocycles. The van der Waals surface area contributed by atoms with E-state index in [9.17, 15) is 27.1 Å². The molecule has 0 radical (unpaired) electrons. The SMILES string of the molecule is C[C@H](CCO)[C@@H](O)c1c(F)c(F)c(F)c(F)c1F. The van der Waals surface area contributed by atoms with E-state index >= 15 is 0 Å². The van der Waals surface area contributed by atoms with E-state index in [1.165, 1.54) is 6.92 Å². The minimum atomic E-state index is -2.27. The smallest absolute Gasteiger partial charge is 0.200 e. The summed E-state index contributed by atoms with van der Waals surface area (Å²) in [6, 6.07) is 0. The molecule has 0 bridgehead atoms. The van der Waals surface area contributed by atoms with E-state index in [4.69, 9.17) is 5.11 Å². The molecule has 18 heavy (non-hydrogen) atoms. The molecule has 0 fully saturated rings. The number of benzene rings is 1. The first-order chi connectivity index (χ1) is 8.32. The van der Waals surface area contributed by atoms with Crippen molar-refractivity contribution in [2.24, 2.45) is 5.92 Å². The van der Waals surface area contributed by atoms with Crippen LogP contribution >= 0.6 is 0 Å². The van der Waals surface area contributed by atoms with Crippen LogP contribution in [-0.4, -0.2) is 16.8 Å². The maximum absolute atomic E-state index is 13.3. The highest BCUT2D eigenvalue weighted by Crippen LogP contribution is 2.32. The number of rotatable bonds is 4. The van der Waals surface area contributed by atoms with Gasteiger partial charge in [-0.05, 0) is 12.3 Å². The van der Waals surface area contributed by atoms with Crippen LogP contribution in [0, 0.1) is 35.0 Å². The molecule has 7 heteroatoms. The average Bonchev–Trinajstić information content (AvgIpc) is 2.34. The molecule has 0 amide bonds. The molecule has 102 valence electrons. The van der Waals surface area contributed by atoms with Gasteiger partial charge in [-0.2, -0.15) is 0 Å².